The summed E-state index contributed by atoms with van der Waals surface area (Å²) in [6, 6.07) is 18.5. The zero-order chi connectivity index (χ0) is 22.6. The third-order valence-corrected chi connectivity index (χ3v) is 6.82. The molecule has 2 heterocycles. The predicted molar refractivity (Wildman–Crippen MR) is 129 cm³/mol. The van der Waals surface area contributed by atoms with Gasteiger partial charge in [-0.3, -0.25) is 4.79 Å². The number of amides is 1. The zero-order valence-electron chi connectivity index (χ0n) is 19.0. The monoisotopic (exact) mass is 442 g/mol. The van der Waals surface area contributed by atoms with E-state index in [4.69, 9.17) is 4.74 Å². The summed E-state index contributed by atoms with van der Waals surface area (Å²) in [7, 11) is 0. The van der Waals surface area contributed by atoms with Crippen molar-refractivity contribution in [2.45, 2.75) is 45.1 Å². The van der Waals surface area contributed by atoms with Gasteiger partial charge in [0, 0.05) is 25.1 Å². The number of rotatable bonds is 6. The topological polar surface area (TPSA) is 67.3 Å². The van der Waals surface area contributed by atoms with Crippen molar-refractivity contribution in [3.8, 4) is 11.6 Å². The van der Waals surface area contributed by atoms with Crippen molar-refractivity contribution in [3.05, 3.63) is 77.6 Å². The van der Waals surface area contributed by atoms with Gasteiger partial charge in [-0.2, -0.15) is 0 Å². The summed E-state index contributed by atoms with van der Waals surface area (Å²) >= 11 is 0. The quantitative estimate of drug-likeness (QED) is 0.591. The van der Waals surface area contributed by atoms with E-state index in [-0.39, 0.29) is 17.9 Å². The van der Waals surface area contributed by atoms with Gasteiger partial charge in [-0.05, 0) is 60.9 Å². The molecule has 0 bridgehead atoms. The summed E-state index contributed by atoms with van der Waals surface area (Å²) in [6.45, 7) is 3.72. The highest BCUT2D eigenvalue weighted by atomic mass is 16.5. The van der Waals surface area contributed by atoms with E-state index in [9.17, 15) is 4.79 Å². The van der Waals surface area contributed by atoms with Gasteiger partial charge in [-0.15, -0.1) is 0 Å². The molecule has 3 aromatic rings. The second-order valence-corrected chi connectivity index (χ2v) is 8.87. The molecular formula is C27H30N4O2. The Morgan fingerprint density at radius 1 is 1.06 bits per heavy atom. The van der Waals surface area contributed by atoms with Crippen molar-refractivity contribution in [3.63, 3.8) is 0 Å². The van der Waals surface area contributed by atoms with Crippen molar-refractivity contribution in [1.29, 1.82) is 0 Å². The molecule has 6 nitrogen and oxygen atoms in total. The Bertz CT molecular complexity index is 1110. The molecule has 170 valence electrons. The number of piperidine rings is 1. The molecule has 1 N–H and O–H groups in total. The van der Waals surface area contributed by atoms with Gasteiger partial charge in [0.1, 0.15) is 17.9 Å². The minimum Gasteiger partial charge on any atom is -0.439 e. The second-order valence-electron chi connectivity index (χ2n) is 8.87. The van der Waals surface area contributed by atoms with Crippen LogP contribution in [0.1, 0.15) is 48.9 Å². The van der Waals surface area contributed by atoms with Crippen LogP contribution < -0.4 is 15.0 Å². The van der Waals surface area contributed by atoms with Crippen LogP contribution >= 0.6 is 0 Å². The number of carbonyl (C=O) groups is 1. The Kier molecular flexibility index (Phi) is 6.24. The first-order chi connectivity index (χ1) is 16.2. The number of anilines is 1. The van der Waals surface area contributed by atoms with Gasteiger partial charge in [0.05, 0.1) is 6.04 Å². The van der Waals surface area contributed by atoms with Gasteiger partial charge in [0.2, 0.25) is 11.8 Å². The molecule has 0 saturated carbocycles. The molecule has 1 amide bonds. The molecule has 33 heavy (non-hydrogen) atoms. The maximum atomic E-state index is 12.9. The van der Waals surface area contributed by atoms with Crippen LogP contribution in [0.2, 0.25) is 0 Å². The third-order valence-electron chi connectivity index (χ3n) is 6.82. The van der Waals surface area contributed by atoms with Crippen molar-refractivity contribution in [1.82, 2.24) is 15.3 Å². The fourth-order valence-corrected chi connectivity index (χ4v) is 4.84. The largest absolute Gasteiger partial charge is 0.439 e. The van der Waals surface area contributed by atoms with E-state index >= 15 is 0 Å². The fraction of sp³-hybridized carbons (Fsp3) is 0.370. The van der Waals surface area contributed by atoms with Crippen molar-refractivity contribution < 1.29 is 9.53 Å². The van der Waals surface area contributed by atoms with Crippen LogP contribution in [0.15, 0.2) is 60.9 Å². The van der Waals surface area contributed by atoms with Crippen molar-refractivity contribution in [2.24, 2.45) is 5.92 Å². The van der Waals surface area contributed by atoms with Crippen LogP contribution in [-0.4, -0.2) is 29.0 Å². The number of ether oxygens (including phenoxy) is 1. The first kappa shape index (κ1) is 21.4. The average Bonchev–Trinajstić information content (AvgIpc) is 3.27. The summed E-state index contributed by atoms with van der Waals surface area (Å²) in [5.74, 6) is 2.36. The standard InChI is InChI=1S/C27H30N4O2/c1-2-19-7-10-22(11-8-19)33-26-17-25(28-18-29-26)31-15-13-21(14-16-31)27(32)30-24-12-9-20-5-3-4-6-23(20)24/h3-8,10-11,17-18,21,24H,2,9,12-16H2,1H3,(H,30,32). The fourth-order valence-electron chi connectivity index (χ4n) is 4.84. The summed E-state index contributed by atoms with van der Waals surface area (Å²) < 4.78 is 5.93. The molecule has 1 unspecified atom stereocenters. The van der Waals surface area contributed by atoms with E-state index in [1.807, 2.05) is 18.2 Å². The Morgan fingerprint density at radius 3 is 2.64 bits per heavy atom. The molecule has 1 fully saturated rings. The number of fused-ring (bicyclic) bond motifs is 1. The van der Waals surface area contributed by atoms with Crippen LogP contribution in [0.25, 0.3) is 0 Å². The second kappa shape index (κ2) is 9.61. The predicted octanol–water partition coefficient (Wildman–Crippen LogP) is 4.85. The Labute approximate surface area is 195 Å². The Hall–Kier alpha value is -3.41. The van der Waals surface area contributed by atoms with Gasteiger partial charge in [-0.25, -0.2) is 9.97 Å². The minimum atomic E-state index is 0.0450. The molecule has 2 aromatic carbocycles. The average molecular weight is 443 g/mol. The number of benzene rings is 2. The minimum absolute atomic E-state index is 0.0450. The van der Waals surface area contributed by atoms with Crippen molar-refractivity contribution >= 4 is 11.7 Å². The van der Waals surface area contributed by atoms with Crippen LogP contribution in [0.5, 0.6) is 11.6 Å². The third kappa shape index (κ3) is 4.85. The van der Waals surface area contributed by atoms with Crippen LogP contribution in [0.3, 0.4) is 0 Å². The van der Waals surface area contributed by atoms with E-state index in [1.165, 1.54) is 16.7 Å². The number of aromatic nitrogens is 2. The lowest BCUT2D eigenvalue weighted by atomic mass is 9.95. The maximum absolute atomic E-state index is 12.9. The highest BCUT2D eigenvalue weighted by Gasteiger charge is 2.29. The van der Waals surface area contributed by atoms with E-state index < -0.39 is 0 Å². The Morgan fingerprint density at radius 2 is 1.85 bits per heavy atom. The lowest BCUT2D eigenvalue weighted by molar-refractivity contribution is -0.126. The number of hydrogen-bond donors (Lipinski definition) is 1. The number of hydrogen-bond acceptors (Lipinski definition) is 5. The molecule has 2 aliphatic rings. The highest BCUT2D eigenvalue weighted by Crippen LogP contribution is 2.32. The van der Waals surface area contributed by atoms with E-state index in [2.05, 4.69) is 63.5 Å². The molecule has 1 aliphatic carbocycles. The first-order valence-electron chi connectivity index (χ1n) is 11.9. The van der Waals surface area contributed by atoms with Gasteiger partial charge < -0.3 is 15.0 Å². The number of aryl methyl sites for hydroxylation is 2. The zero-order valence-corrected chi connectivity index (χ0v) is 19.0. The smallest absolute Gasteiger partial charge is 0.224 e. The number of nitrogens with one attached hydrogen (secondary N) is 1. The van der Waals surface area contributed by atoms with Crippen molar-refractivity contribution in [2.75, 3.05) is 18.0 Å². The molecule has 5 rings (SSSR count). The molecule has 1 atom stereocenters. The lowest BCUT2D eigenvalue weighted by Crippen LogP contribution is -2.41. The van der Waals surface area contributed by atoms with E-state index in [0.717, 1.165) is 56.8 Å². The highest BCUT2D eigenvalue weighted by molar-refractivity contribution is 5.79. The summed E-state index contributed by atoms with van der Waals surface area (Å²) in [5.41, 5.74) is 3.91. The Balaban J connectivity index is 1.16. The van der Waals surface area contributed by atoms with Gasteiger partial charge in [0.15, 0.2) is 0 Å². The van der Waals surface area contributed by atoms with Crippen LogP contribution in [0.4, 0.5) is 5.82 Å². The molecule has 0 spiro atoms. The first-order valence-corrected chi connectivity index (χ1v) is 11.9. The molecular weight excluding hydrogens is 412 g/mol. The van der Waals surface area contributed by atoms with Gasteiger partial charge in [-0.1, -0.05) is 43.3 Å². The van der Waals surface area contributed by atoms with Crippen LogP contribution in [-0.2, 0) is 17.6 Å². The molecule has 1 aliphatic heterocycles. The van der Waals surface area contributed by atoms with Gasteiger partial charge >= 0.3 is 0 Å². The normalized spacial score (nSPS) is 18.1. The molecule has 0 radical (unpaired) electrons. The number of carbonyl (C=O) groups excluding carboxylic acids is 1. The maximum Gasteiger partial charge on any atom is 0.224 e. The van der Waals surface area contributed by atoms with Crippen LogP contribution in [0, 0.1) is 5.92 Å². The summed E-state index contributed by atoms with van der Waals surface area (Å²) in [5, 5.41) is 3.30. The molecule has 1 aromatic heterocycles. The lowest BCUT2D eigenvalue weighted by Gasteiger charge is -2.32. The van der Waals surface area contributed by atoms with Gasteiger partial charge in [0.25, 0.3) is 0 Å². The molecule has 6 heteroatoms. The van der Waals surface area contributed by atoms with E-state index in [0.29, 0.717) is 5.88 Å². The summed E-state index contributed by atoms with van der Waals surface area (Å²) in [6.07, 6.45) is 6.22. The summed E-state index contributed by atoms with van der Waals surface area (Å²) in [4.78, 5) is 23.9. The SMILES string of the molecule is CCc1ccc(Oc2cc(N3CCC(C(=O)NC4CCc5ccccc54)CC3)ncn2)cc1. The van der Waals surface area contributed by atoms with E-state index in [1.54, 1.807) is 6.33 Å². The number of nitrogens with zero attached hydrogens (tertiary/aromatic N) is 3. The molecule has 1 saturated heterocycles.